The summed E-state index contributed by atoms with van der Waals surface area (Å²) < 4.78 is 1.83. The van der Waals surface area contributed by atoms with Gasteiger partial charge in [0.1, 0.15) is 5.82 Å². The molecule has 3 N–H and O–H groups in total. The molecule has 4 rings (SSSR count). The first-order valence-corrected chi connectivity index (χ1v) is 11.8. The van der Waals surface area contributed by atoms with Gasteiger partial charge in [-0.15, -0.1) is 10.2 Å². The fraction of sp³-hybridized carbons (Fsp3) is 0.208. The molecule has 4 aromatic rings. The predicted octanol–water partition coefficient (Wildman–Crippen LogP) is 2.84. The van der Waals surface area contributed by atoms with E-state index in [9.17, 15) is 14.4 Å². The quantitative estimate of drug-likeness (QED) is 0.336. The van der Waals surface area contributed by atoms with Crippen molar-refractivity contribution in [1.29, 1.82) is 0 Å². The molecule has 0 unspecified atom stereocenters. The number of thioether (sulfide) groups is 1. The van der Waals surface area contributed by atoms with Gasteiger partial charge >= 0.3 is 5.69 Å². The summed E-state index contributed by atoms with van der Waals surface area (Å²) in [6.07, 6.45) is 1.13. The van der Waals surface area contributed by atoms with E-state index in [1.165, 1.54) is 23.4 Å². The lowest BCUT2D eigenvalue weighted by atomic mass is 10.1. The van der Waals surface area contributed by atoms with Crippen molar-refractivity contribution in [3.63, 3.8) is 0 Å². The molecule has 2 aromatic heterocycles. The standard InChI is InChI=1S/C24H24N6O3S/c1-3-16-7-9-17(10-8-16)25-22(32)14-34-24-29-28-20(12-18-13-21(31)27-23(33)26-18)30(24)19-6-4-5-15(2)11-19/h4-11,13H,3,12,14H2,1-2H3,(H,25,32)(H2,26,27,31,33). The molecule has 0 aliphatic heterocycles. The van der Waals surface area contributed by atoms with Crippen molar-refractivity contribution >= 4 is 23.4 Å². The van der Waals surface area contributed by atoms with Gasteiger partial charge in [0.15, 0.2) is 5.16 Å². The number of anilines is 1. The summed E-state index contributed by atoms with van der Waals surface area (Å²) in [5.41, 5.74) is 3.16. The van der Waals surface area contributed by atoms with Gasteiger partial charge in [-0.2, -0.15) is 0 Å². The summed E-state index contributed by atoms with van der Waals surface area (Å²) in [5.74, 6) is 0.514. The first-order chi connectivity index (χ1) is 16.4. The van der Waals surface area contributed by atoms with Crippen molar-refractivity contribution in [3.05, 3.63) is 98.1 Å². The Labute approximate surface area is 199 Å². The minimum Gasteiger partial charge on any atom is -0.325 e. The second-order valence-electron chi connectivity index (χ2n) is 7.75. The number of nitrogens with one attached hydrogen (secondary N) is 3. The number of H-pyrrole nitrogens is 2. The normalized spacial score (nSPS) is 10.9. The van der Waals surface area contributed by atoms with E-state index in [2.05, 4.69) is 32.4 Å². The lowest BCUT2D eigenvalue weighted by Gasteiger charge is -2.11. The number of rotatable bonds is 8. The first-order valence-electron chi connectivity index (χ1n) is 10.8. The lowest BCUT2D eigenvalue weighted by molar-refractivity contribution is -0.113. The van der Waals surface area contributed by atoms with Crippen LogP contribution in [0.25, 0.3) is 5.69 Å². The van der Waals surface area contributed by atoms with Crippen molar-refractivity contribution < 1.29 is 4.79 Å². The van der Waals surface area contributed by atoms with Crippen LogP contribution in [0, 0.1) is 6.92 Å². The molecule has 0 spiro atoms. The molecular weight excluding hydrogens is 452 g/mol. The molecule has 10 heteroatoms. The van der Waals surface area contributed by atoms with Gasteiger partial charge in [0.25, 0.3) is 5.56 Å². The second-order valence-corrected chi connectivity index (χ2v) is 8.69. The van der Waals surface area contributed by atoms with E-state index in [1.807, 2.05) is 60.0 Å². The Morgan fingerprint density at radius 1 is 1.06 bits per heavy atom. The number of carbonyl (C=O) groups excluding carboxylic acids is 1. The number of carbonyl (C=O) groups is 1. The zero-order valence-electron chi connectivity index (χ0n) is 18.8. The van der Waals surface area contributed by atoms with E-state index >= 15 is 0 Å². The molecule has 174 valence electrons. The highest BCUT2D eigenvalue weighted by molar-refractivity contribution is 7.99. The number of amides is 1. The summed E-state index contributed by atoms with van der Waals surface area (Å²) in [5, 5.41) is 12.0. The molecule has 1 amide bonds. The van der Waals surface area contributed by atoms with Crippen LogP contribution in [0.1, 0.15) is 29.6 Å². The number of aryl methyl sites for hydroxylation is 2. The fourth-order valence-corrected chi connectivity index (χ4v) is 4.24. The average Bonchev–Trinajstić information content (AvgIpc) is 3.20. The maximum atomic E-state index is 12.5. The van der Waals surface area contributed by atoms with Crippen LogP contribution < -0.4 is 16.6 Å². The fourth-order valence-electron chi connectivity index (χ4n) is 3.47. The number of hydrogen-bond acceptors (Lipinski definition) is 6. The van der Waals surface area contributed by atoms with Gasteiger partial charge in [-0.3, -0.25) is 19.1 Å². The smallest absolute Gasteiger partial charge is 0.325 e. The molecule has 0 saturated heterocycles. The first kappa shape index (κ1) is 23.2. The summed E-state index contributed by atoms with van der Waals surface area (Å²) in [7, 11) is 0. The molecule has 0 saturated carbocycles. The average molecular weight is 477 g/mol. The molecule has 0 aliphatic rings. The molecule has 0 atom stereocenters. The van der Waals surface area contributed by atoms with Crippen LogP contribution >= 0.6 is 11.8 Å². The van der Waals surface area contributed by atoms with Crippen molar-refractivity contribution in [3.8, 4) is 5.69 Å². The molecule has 0 bridgehead atoms. The third-order valence-corrected chi connectivity index (χ3v) is 6.03. The number of aromatic nitrogens is 5. The Hall–Kier alpha value is -3.92. The number of benzene rings is 2. The minimum absolute atomic E-state index is 0.140. The highest BCUT2D eigenvalue weighted by Gasteiger charge is 2.17. The van der Waals surface area contributed by atoms with Crippen LogP contribution in [-0.4, -0.2) is 36.4 Å². The zero-order chi connectivity index (χ0) is 24.1. The highest BCUT2D eigenvalue weighted by Crippen LogP contribution is 2.24. The van der Waals surface area contributed by atoms with Gasteiger partial charge in [-0.1, -0.05) is 43.0 Å². The van der Waals surface area contributed by atoms with Gasteiger partial charge in [0, 0.05) is 29.6 Å². The van der Waals surface area contributed by atoms with Crippen LogP contribution in [0.15, 0.2) is 69.3 Å². The van der Waals surface area contributed by atoms with Crippen molar-refractivity contribution in [2.24, 2.45) is 0 Å². The Bertz CT molecular complexity index is 1390. The van der Waals surface area contributed by atoms with Crippen molar-refractivity contribution in [2.75, 3.05) is 11.1 Å². The Morgan fingerprint density at radius 2 is 1.85 bits per heavy atom. The molecule has 34 heavy (non-hydrogen) atoms. The van der Waals surface area contributed by atoms with E-state index in [-0.39, 0.29) is 18.1 Å². The molecule has 9 nitrogen and oxygen atoms in total. The monoisotopic (exact) mass is 476 g/mol. The molecular formula is C24H24N6O3S. The minimum atomic E-state index is -0.581. The molecule has 0 fully saturated rings. The van der Waals surface area contributed by atoms with Crippen LogP contribution in [0.5, 0.6) is 0 Å². The summed E-state index contributed by atoms with van der Waals surface area (Å²) in [6.45, 7) is 4.06. The third-order valence-electron chi connectivity index (χ3n) is 5.10. The van der Waals surface area contributed by atoms with E-state index in [1.54, 1.807) is 0 Å². The summed E-state index contributed by atoms with van der Waals surface area (Å²) in [4.78, 5) is 40.7. The maximum Gasteiger partial charge on any atom is 0.325 e. The van der Waals surface area contributed by atoms with Gasteiger partial charge < -0.3 is 10.3 Å². The summed E-state index contributed by atoms with van der Waals surface area (Å²) in [6, 6.07) is 16.9. The number of nitrogens with zero attached hydrogens (tertiary/aromatic N) is 3. The van der Waals surface area contributed by atoms with Crippen LogP contribution in [0.4, 0.5) is 5.69 Å². The van der Waals surface area contributed by atoms with Gasteiger partial charge in [-0.05, 0) is 48.7 Å². The van der Waals surface area contributed by atoms with Crippen molar-refractivity contribution in [1.82, 2.24) is 24.7 Å². The third kappa shape index (κ3) is 5.70. The van der Waals surface area contributed by atoms with E-state index in [0.717, 1.165) is 23.4 Å². The van der Waals surface area contributed by atoms with Crippen LogP contribution in [0.3, 0.4) is 0 Å². The molecule has 0 aliphatic carbocycles. The maximum absolute atomic E-state index is 12.5. The van der Waals surface area contributed by atoms with Crippen molar-refractivity contribution in [2.45, 2.75) is 31.8 Å². The Balaban J connectivity index is 1.57. The van der Waals surface area contributed by atoms with Gasteiger partial charge in [0.2, 0.25) is 5.91 Å². The largest absolute Gasteiger partial charge is 0.325 e. The van der Waals surface area contributed by atoms with E-state index < -0.39 is 11.2 Å². The van der Waals surface area contributed by atoms with Gasteiger partial charge in [0.05, 0.1) is 5.75 Å². The van der Waals surface area contributed by atoms with E-state index in [4.69, 9.17) is 0 Å². The zero-order valence-corrected chi connectivity index (χ0v) is 19.6. The predicted molar refractivity (Wildman–Crippen MR) is 132 cm³/mol. The van der Waals surface area contributed by atoms with Crippen LogP contribution in [0.2, 0.25) is 0 Å². The number of aromatic amines is 2. The SMILES string of the molecule is CCc1ccc(NC(=O)CSc2nnc(Cc3cc(=O)[nH]c(=O)[nH]3)n2-c2cccc(C)c2)cc1. The molecule has 2 heterocycles. The molecule has 2 aromatic carbocycles. The lowest BCUT2D eigenvalue weighted by Crippen LogP contribution is -2.23. The highest BCUT2D eigenvalue weighted by atomic mass is 32.2. The van der Waals surface area contributed by atoms with Crippen LogP contribution in [-0.2, 0) is 17.6 Å². The van der Waals surface area contributed by atoms with E-state index in [0.29, 0.717) is 16.7 Å². The van der Waals surface area contributed by atoms with Gasteiger partial charge in [-0.25, -0.2) is 4.79 Å². The Morgan fingerprint density at radius 3 is 2.56 bits per heavy atom. The second kappa shape index (κ2) is 10.3. The summed E-state index contributed by atoms with van der Waals surface area (Å²) >= 11 is 1.26. The number of hydrogen-bond donors (Lipinski definition) is 3. The topological polar surface area (TPSA) is 126 Å². The Kier molecular flexibility index (Phi) is 7.07. The molecule has 0 radical (unpaired) electrons.